The summed E-state index contributed by atoms with van der Waals surface area (Å²) in [7, 11) is 1.75. The number of hydrogen-bond acceptors (Lipinski definition) is 2. The summed E-state index contributed by atoms with van der Waals surface area (Å²) in [6.45, 7) is 1.73. The standard InChI is InChI=1S/C11H12FN3/c1-7-3-4-8(5-9(7)12)10-6-11(13)15(2)14-10/h3-6H,13H2,1-2H3. The molecule has 3 nitrogen and oxygen atoms in total. The Morgan fingerprint density at radius 3 is 2.60 bits per heavy atom. The van der Waals surface area contributed by atoms with Crippen LogP contribution < -0.4 is 5.73 Å². The fourth-order valence-corrected chi connectivity index (χ4v) is 1.37. The second kappa shape index (κ2) is 3.38. The lowest BCUT2D eigenvalue weighted by molar-refractivity contribution is 0.619. The van der Waals surface area contributed by atoms with Crippen molar-refractivity contribution in [3.63, 3.8) is 0 Å². The van der Waals surface area contributed by atoms with Gasteiger partial charge >= 0.3 is 0 Å². The number of rotatable bonds is 1. The third-order valence-corrected chi connectivity index (χ3v) is 2.38. The van der Waals surface area contributed by atoms with E-state index in [1.54, 1.807) is 30.8 Å². The maximum atomic E-state index is 13.3. The molecule has 15 heavy (non-hydrogen) atoms. The van der Waals surface area contributed by atoms with Crippen LogP contribution in [0, 0.1) is 12.7 Å². The Bertz CT molecular complexity index is 483. The Morgan fingerprint density at radius 1 is 1.33 bits per heavy atom. The molecule has 1 heterocycles. The first kappa shape index (κ1) is 9.71. The summed E-state index contributed by atoms with van der Waals surface area (Å²) in [6, 6.07) is 6.76. The highest BCUT2D eigenvalue weighted by atomic mass is 19.1. The van der Waals surface area contributed by atoms with Gasteiger partial charge in [-0.15, -0.1) is 0 Å². The SMILES string of the molecule is Cc1ccc(-c2cc(N)n(C)n2)cc1F. The molecule has 0 spiro atoms. The molecule has 2 rings (SSSR count). The van der Waals surface area contributed by atoms with Gasteiger partial charge in [0.2, 0.25) is 0 Å². The monoisotopic (exact) mass is 205 g/mol. The molecule has 78 valence electrons. The fourth-order valence-electron chi connectivity index (χ4n) is 1.37. The van der Waals surface area contributed by atoms with E-state index in [1.165, 1.54) is 6.07 Å². The second-order valence-electron chi connectivity index (χ2n) is 3.54. The van der Waals surface area contributed by atoms with Gasteiger partial charge in [-0.1, -0.05) is 12.1 Å². The molecule has 0 saturated carbocycles. The van der Waals surface area contributed by atoms with Crippen LogP contribution in [0.1, 0.15) is 5.56 Å². The van der Waals surface area contributed by atoms with Crippen molar-refractivity contribution in [2.45, 2.75) is 6.92 Å². The van der Waals surface area contributed by atoms with Crippen molar-refractivity contribution in [3.05, 3.63) is 35.6 Å². The van der Waals surface area contributed by atoms with Crippen molar-refractivity contribution in [1.29, 1.82) is 0 Å². The minimum atomic E-state index is -0.225. The van der Waals surface area contributed by atoms with Crippen LogP contribution in [0.4, 0.5) is 10.2 Å². The van der Waals surface area contributed by atoms with E-state index < -0.39 is 0 Å². The summed E-state index contributed by atoms with van der Waals surface area (Å²) in [6.07, 6.45) is 0. The van der Waals surface area contributed by atoms with Crippen LogP contribution in [-0.2, 0) is 7.05 Å². The first-order valence-corrected chi connectivity index (χ1v) is 4.64. The third-order valence-electron chi connectivity index (χ3n) is 2.38. The molecule has 1 aromatic heterocycles. The molecule has 2 aromatic rings. The summed E-state index contributed by atoms with van der Waals surface area (Å²) in [5.74, 6) is 0.336. The van der Waals surface area contributed by atoms with E-state index in [0.29, 0.717) is 17.1 Å². The van der Waals surface area contributed by atoms with Crippen molar-refractivity contribution in [1.82, 2.24) is 9.78 Å². The van der Waals surface area contributed by atoms with E-state index in [4.69, 9.17) is 5.73 Å². The van der Waals surface area contributed by atoms with Crippen molar-refractivity contribution in [2.24, 2.45) is 7.05 Å². The molecule has 0 amide bonds. The number of nitrogens with zero attached hydrogens (tertiary/aromatic N) is 2. The normalized spacial score (nSPS) is 10.6. The molecule has 0 saturated heterocycles. The van der Waals surface area contributed by atoms with Gasteiger partial charge < -0.3 is 5.73 Å². The summed E-state index contributed by atoms with van der Waals surface area (Å²) < 4.78 is 14.9. The highest BCUT2D eigenvalue weighted by Crippen LogP contribution is 2.21. The van der Waals surface area contributed by atoms with Gasteiger partial charge in [0.25, 0.3) is 0 Å². The quantitative estimate of drug-likeness (QED) is 0.774. The Morgan fingerprint density at radius 2 is 2.07 bits per heavy atom. The lowest BCUT2D eigenvalue weighted by atomic mass is 10.1. The molecule has 0 aliphatic carbocycles. The van der Waals surface area contributed by atoms with E-state index in [1.807, 2.05) is 6.07 Å². The molecular weight excluding hydrogens is 193 g/mol. The van der Waals surface area contributed by atoms with E-state index in [9.17, 15) is 4.39 Å². The predicted octanol–water partition coefficient (Wildman–Crippen LogP) is 2.12. The molecule has 2 N–H and O–H groups in total. The van der Waals surface area contributed by atoms with Gasteiger partial charge in [0.15, 0.2) is 0 Å². The van der Waals surface area contributed by atoms with Crippen molar-refractivity contribution in [3.8, 4) is 11.3 Å². The number of halogens is 1. The number of aryl methyl sites for hydroxylation is 2. The van der Waals surface area contributed by atoms with Gasteiger partial charge in [-0.3, -0.25) is 4.68 Å². The van der Waals surface area contributed by atoms with Gasteiger partial charge in [0.05, 0.1) is 5.69 Å². The average Bonchev–Trinajstić information content (AvgIpc) is 2.52. The minimum absolute atomic E-state index is 0.225. The third kappa shape index (κ3) is 1.70. The highest BCUT2D eigenvalue weighted by Gasteiger charge is 2.06. The van der Waals surface area contributed by atoms with Crippen LogP contribution in [0.15, 0.2) is 24.3 Å². The van der Waals surface area contributed by atoms with Crippen molar-refractivity contribution < 1.29 is 4.39 Å². The number of benzene rings is 1. The number of nitrogen functional groups attached to an aromatic ring is 1. The number of aromatic nitrogens is 2. The molecule has 0 radical (unpaired) electrons. The Kier molecular flexibility index (Phi) is 2.19. The summed E-state index contributed by atoms with van der Waals surface area (Å²) >= 11 is 0. The number of hydrogen-bond donors (Lipinski definition) is 1. The van der Waals surface area contributed by atoms with Crippen LogP contribution in [0.2, 0.25) is 0 Å². The Hall–Kier alpha value is -1.84. The zero-order chi connectivity index (χ0) is 11.0. The van der Waals surface area contributed by atoms with Gasteiger partial charge in [-0.25, -0.2) is 4.39 Å². The van der Waals surface area contributed by atoms with Crippen LogP contribution in [0.25, 0.3) is 11.3 Å². The molecule has 1 aromatic carbocycles. The van der Waals surface area contributed by atoms with Gasteiger partial charge in [-0.05, 0) is 18.6 Å². The fraction of sp³-hybridized carbons (Fsp3) is 0.182. The van der Waals surface area contributed by atoms with Crippen LogP contribution >= 0.6 is 0 Å². The Labute approximate surface area is 87.3 Å². The second-order valence-corrected chi connectivity index (χ2v) is 3.54. The molecule has 0 aliphatic rings. The summed E-state index contributed by atoms with van der Waals surface area (Å²) in [5, 5.41) is 4.18. The lowest BCUT2D eigenvalue weighted by Crippen LogP contribution is -1.96. The van der Waals surface area contributed by atoms with Crippen molar-refractivity contribution in [2.75, 3.05) is 5.73 Å². The molecule has 0 unspecified atom stereocenters. The maximum Gasteiger partial charge on any atom is 0.126 e. The van der Waals surface area contributed by atoms with Gasteiger partial charge in [-0.2, -0.15) is 5.10 Å². The van der Waals surface area contributed by atoms with E-state index in [-0.39, 0.29) is 5.82 Å². The first-order chi connectivity index (χ1) is 7.08. The predicted molar refractivity (Wildman–Crippen MR) is 57.8 cm³/mol. The zero-order valence-electron chi connectivity index (χ0n) is 8.66. The average molecular weight is 205 g/mol. The van der Waals surface area contributed by atoms with Crippen molar-refractivity contribution >= 4 is 5.82 Å². The molecule has 0 aliphatic heterocycles. The van der Waals surface area contributed by atoms with Gasteiger partial charge in [0.1, 0.15) is 11.6 Å². The zero-order valence-corrected chi connectivity index (χ0v) is 8.66. The van der Waals surface area contributed by atoms with E-state index >= 15 is 0 Å². The van der Waals surface area contributed by atoms with E-state index in [2.05, 4.69) is 5.10 Å². The van der Waals surface area contributed by atoms with Crippen LogP contribution in [0.3, 0.4) is 0 Å². The lowest BCUT2D eigenvalue weighted by Gasteiger charge is -1.99. The molecule has 4 heteroatoms. The first-order valence-electron chi connectivity index (χ1n) is 4.64. The van der Waals surface area contributed by atoms with E-state index in [0.717, 1.165) is 5.56 Å². The number of nitrogens with two attached hydrogens (primary N) is 1. The van der Waals surface area contributed by atoms with Crippen LogP contribution in [-0.4, -0.2) is 9.78 Å². The van der Waals surface area contributed by atoms with Gasteiger partial charge in [0, 0.05) is 18.7 Å². The smallest absolute Gasteiger partial charge is 0.126 e. The topological polar surface area (TPSA) is 43.8 Å². The summed E-state index contributed by atoms with van der Waals surface area (Å²) in [5.41, 5.74) is 7.71. The largest absolute Gasteiger partial charge is 0.384 e. The maximum absolute atomic E-state index is 13.3. The number of anilines is 1. The summed E-state index contributed by atoms with van der Waals surface area (Å²) in [4.78, 5) is 0. The minimum Gasteiger partial charge on any atom is -0.384 e. The molecule has 0 bridgehead atoms. The highest BCUT2D eigenvalue weighted by molar-refractivity contribution is 5.62. The van der Waals surface area contributed by atoms with Crippen LogP contribution in [0.5, 0.6) is 0 Å². The Balaban J connectivity index is 2.49. The molecule has 0 atom stereocenters. The molecular formula is C11H12FN3. The molecule has 0 fully saturated rings.